The molecule has 0 aliphatic rings. The molecule has 0 atom stereocenters. The Morgan fingerprint density at radius 1 is 1.44 bits per heavy atom. The van der Waals surface area contributed by atoms with E-state index in [9.17, 15) is 0 Å². The third kappa shape index (κ3) is 2.53. The van der Waals surface area contributed by atoms with Gasteiger partial charge >= 0.3 is 0 Å². The molecule has 6 heteroatoms. The summed E-state index contributed by atoms with van der Waals surface area (Å²) in [5, 5.41) is 7.48. The number of ether oxygens (including phenoxy) is 1. The van der Waals surface area contributed by atoms with Crippen LogP contribution in [0.2, 0.25) is 0 Å². The maximum Gasteiger partial charge on any atom is 0.211 e. The van der Waals surface area contributed by atoms with Gasteiger partial charge in [0.15, 0.2) is 0 Å². The standard InChI is InChI=1S/C12H17N5O/c1-8-4-5-10(13)12(15-8)14-7-9-6-11(18-3)17(2)16-9/h4-6H,7,13H2,1-3H3,(H,14,15). The summed E-state index contributed by atoms with van der Waals surface area (Å²) in [5.74, 6) is 1.40. The molecule has 0 unspecified atom stereocenters. The second kappa shape index (κ2) is 4.95. The topological polar surface area (TPSA) is 78.0 Å². The Bertz CT molecular complexity index is 549. The summed E-state index contributed by atoms with van der Waals surface area (Å²) < 4.78 is 6.84. The van der Waals surface area contributed by atoms with E-state index in [0.29, 0.717) is 18.1 Å². The van der Waals surface area contributed by atoms with E-state index in [1.807, 2.05) is 32.2 Å². The van der Waals surface area contributed by atoms with Gasteiger partial charge in [0, 0.05) is 18.8 Å². The first kappa shape index (κ1) is 12.2. The lowest BCUT2D eigenvalue weighted by atomic mass is 10.3. The van der Waals surface area contributed by atoms with E-state index in [2.05, 4.69) is 15.4 Å². The van der Waals surface area contributed by atoms with Gasteiger partial charge in [-0.05, 0) is 19.1 Å². The van der Waals surface area contributed by atoms with Crippen LogP contribution in [0, 0.1) is 6.92 Å². The normalized spacial score (nSPS) is 10.4. The highest BCUT2D eigenvalue weighted by molar-refractivity contribution is 5.61. The molecule has 0 aliphatic carbocycles. The van der Waals surface area contributed by atoms with Gasteiger partial charge in [-0.1, -0.05) is 0 Å². The number of aromatic nitrogens is 3. The lowest BCUT2D eigenvalue weighted by Crippen LogP contribution is -2.06. The Morgan fingerprint density at radius 2 is 2.22 bits per heavy atom. The maximum atomic E-state index is 5.84. The van der Waals surface area contributed by atoms with Crippen molar-refractivity contribution in [1.82, 2.24) is 14.8 Å². The van der Waals surface area contributed by atoms with Gasteiger partial charge in [0.1, 0.15) is 5.82 Å². The van der Waals surface area contributed by atoms with Crippen LogP contribution in [0.15, 0.2) is 18.2 Å². The fraction of sp³-hybridized carbons (Fsp3) is 0.333. The van der Waals surface area contributed by atoms with Gasteiger partial charge in [-0.15, -0.1) is 0 Å². The molecule has 2 heterocycles. The van der Waals surface area contributed by atoms with Crippen LogP contribution in [0.1, 0.15) is 11.4 Å². The van der Waals surface area contributed by atoms with Crippen molar-refractivity contribution < 1.29 is 4.74 Å². The molecule has 0 aromatic carbocycles. The molecule has 0 amide bonds. The Kier molecular flexibility index (Phi) is 3.36. The molecule has 96 valence electrons. The molecule has 3 N–H and O–H groups in total. The molecular weight excluding hydrogens is 230 g/mol. The van der Waals surface area contributed by atoms with E-state index >= 15 is 0 Å². The van der Waals surface area contributed by atoms with Crippen molar-refractivity contribution in [2.75, 3.05) is 18.2 Å². The first-order valence-corrected chi connectivity index (χ1v) is 5.64. The van der Waals surface area contributed by atoms with Crippen molar-refractivity contribution >= 4 is 11.5 Å². The van der Waals surface area contributed by atoms with Crippen LogP contribution >= 0.6 is 0 Å². The van der Waals surface area contributed by atoms with Gasteiger partial charge in [-0.2, -0.15) is 5.10 Å². The van der Waals surface area contributed by atoms with Crippen molar-refractivity contribution in [3.05, 3.63) is 29.6 Å². The number of nitrogens with two attached hydrogens (primary N) is 1. The average molecular weight is 247 g/mol. The van der Waals surface area contributed by atoms with E-state index in [4.69, 9.17) is 10.5 Å². The van der Waals surface area contributed by atoms with Gasteiger partial charge in [0.25, 0.3) is 0 Å². The number of hydrogen-bond donors (Lipinski definition) is 2. The second-order valence-corrected chi connectivity index (χ2v) is 4.05. The molecule has 2 aromatic rings. The fourth-order valence-electron chi connectivity index (χ4n) is 1.67. The first-order valence-electron chi connectivity index (χ1n) is 5.64. The number of pyridine rings is 1. The largest absolute Gasteiger partial charge is 0.481 e. The molecule has 0 radical (unpaired) electrons. The third-order valence-electron chi connectivity index (χ3n) is 2.60. The molecule has 2 aromatic heterocycles. The van der Waals surface area contributed by atoms with E-state index in [0.717, 1.165) is 17.3 Å². The van der Waals surface area contributed by atoms with Crippen molar-refractivity contribution in [3.63, 3.8) is 0 Å². The molecule has 0 bridgehead atoms. The van der Waals surface area contributed by atoms with E-state index in [-0.39, 0.29) is 0 Å². The van der Waals surface area contributed by atoms with Crippen LogP contribution in [-0.2, 0) is 13.6 Å². The van der Waals surface area contributed by atoms with Crippen LogP contribution in [0.4, 0.5) is 11.5 Å². The Morgan fingerprint density at radius 3 is 2.89 bits per heavy atom. The number of anilines is 2. The van der Waals surface area contributed by atoms with Crippen molar-refractivity contribution in [3.8, 4) is 5.88 Å². The van der Waals surface area contributed by atoms with Gasteiger partial charge in [-0.3, -0.25) is 0 Å². The number of nitrogens with one attached hydrogen (secondary N) is 1. The number of aryl methyl sites for hydroxylation is 2. The zero-order chi connectivity index (χ0) is 13.1. The summed E-state index contributed by atoms with van der Waals surface area (Å²) in [6.45, 7) is 2.48. The quantitative estimate of drug-likeness (QED) is 0.852. The summed E-state index contributed by atoms with van der Waals surface area (Å²) in [7, 11) is 3.45. The summed E-state index contributed by atoms with van der Waals surface area (Å²) in [4.78, 5) is 4.34. The van der Waals surface area contributed by atoms with E-state index in [1.165, 1.54) is 0 Å². The predicted octanol–water partition coefficient (Wildman–Crippen LogP) is 1.33. The summed E-state index contributed by atoms with van der Waals surface area (Å²) >= 11 is 0. The maximum absolute atomic E-state index is 5.84. The molecule has 0 aliphatic heterocycles. The molecule has 0 saturated carbocycles. The number of hydrogen-bond acceptors (Lipinski definition) is 5. The van der Waals surface area contributed by atoms with Gasteiger partial charge in [-0.25, -0.2) is 9.67 Å². The molecule has 18 heavy (non-hydrogen) atoms. The van der Waals surface area contributed by atoms with Crippen LogP contribution in [0.3, 0.4) is 0 Å². The molecule has 0 saturated heterocycles. The lowest BCUT2D eigenvalue weighted by Gasteiger charge is -2.07. The highest BCUT2D eigenvalue weighted by Crippen LogP contribution is 2.17. The minimum absolute atomic E-state index is 0.553. The molecule has 0 spiro atoms. The Labute approximate surface area is 106 Å². The van der Waals surface area contributed by atoms with Crippen molar-refractivity contribution in [1.29, 1.82) is 0 Å². The van der Waals surface area contributed by atoms with Crippen molar-refractivity contribution in [2.45, 2.75) is 13.5 Å². The van der Waals surface area contributed by atoms with E-state index in [1.54, 1.807) is 11.8 Å². The predicted molar refractivity (Wildman–Crippen MR) is 70.5 cm³/mol. The summed E-state index contributed by atoms with van der Waals surface area (Å²) in [6, 6.07) is 5.59. The second-order valence-electron chi connectivity index (χ2n) is 4.05. The third-order valence-corrected chi connectivity index (χ3v) is 2.60. The zero-order valence-electron chi connectivity index (χ0n) is 10.8. The number of rotatable bonds is 4. The number of methoxy groups -OCH3 is 1. The number of nitrogen functional groups attached to an aromatic ring is 1. The monoisotopic (exact) mass is 247 g/mol. The van der Waals surface area contributed by atoms with Gasteiger partial charge in [0.2, 0.25) is 5.88 Å². The SMILES string of the molecule is COc1cc(CNc2nc(C)ccc2N)nn1C. The van der Waals surface area contributed by atoms with Crippen LogP contribution < -0.4 is 15.8 Å². The molecule has 0 fully saturated rings. The van der Waals surface area contributed by atoms with Crippen LogP contribution in [0.25, 0.3) is 0 Å². The van der Waals surface area contributed by atoms with Crippen molar-refractivity contribution in [2.24, 2.45) is 7.05 Å². The lowest BCUT2D eigenvalue weighted by molar-refractivity contribution is 0.373. The Balaban J connectivity index is 2.08. The van der Waals surface area contributed by atoms with Gasteiger partial charge < -0.3 is 15.8 Å². The Hall–Kier alpha value is -2.24. The first-order chi connectivity index (χ1) is 8.60. The fourth-order valence-corrected chi connectivity index (χ4v) is 1.67. The average Bonchev–Trinajstić information content (AvgIpc) is 2.71. The van der Waals surface area contributed by atoms with Crippen LogP contribution in [-0.4, -0.2) is 21.9 Å². The van der Waals surface area contributed by atoms with Crippen LogP contribution in [0.5, 0.6) is 5.88 Å². The molecule has 6 nitrogen and oxygen atoms in total. The van der Waals surface area contributed by atoms with Gasteiger partial charge in [0.05, 0.1) is 25.0 Å². The zero-order valence-corrected chi connectivity index (χ0v) is 10.8. The summed E-state index contributed by atoms with van der Waals surface area (Å²) in [5.41, 5.74) is 8.26. The smallest absolute Gasteiger partial charge is 0.211 e. The summed E-state index contributed by atoms with van der Waals surface area (Å²) in [6.07, 6.45) is 0. The molecule has 2 rings (SSSR count). The molecular formula is C12H17N5O. The highest BCUT2D eigenvalue weighted by Gasteiger charge is 2.06. The number of nitrogens with zero attached hydrogens (tertiary/aromatic N) is 3. The highest BCUT2D eigenvalue weighted by atomic mass is 16.5. The van der Waals surface area contributed by atoms with E-state index < -0.39 is 0 Å². The minimum Gasteiger partial charge on any atom is -0.481 e. The minimum atomic E-state index is 0.553.